The summed E-state index contributed by atoms with van der Waals surface area (Å²) in [5.41, 5.74) is 0.885. The van der Waals surface area contributed by atoms with Crippen LogP contribution >= 0.6 is 0 Å². The fourth-order valence-electron chi connectivity index (χ4n) is 3.21. The first-order valence-electron chi connectivity index (χ1n) is 9.11. The van der Waals surface area contributed by atoms with E-state index >= 15 is 0 Å². The zero-order valence-corrected chi connectivity index (χ0v) is 17.1. The fraction of sp³-hybridized carbons (Fsp3) is 0.0476. The van der Waals surface area contributed by atoms with E-state index in [1.54, 1.807) is 6.07 Å². The third-order valence-electron chi connectivity index (χ3n) is 4.55. The number of halogens is 4. The summed E-state index contributed by atoms with van der Waals surface area (Å²) < 4.78 is 82.8. The van der Waals surface area contributed by atoms with E-state index in [1.807, 2.05) is 0 Å². The van der Waals surface area contributed by atoms with E-state index in [2.05, 4.69) is 9.46 Å². The van der Waals surface area contributed by atoms with E-state index in [0.29, 0.717) is 22.2 Å². The Balaban J connectivity index is 1.85. The van der Waals surface area contributed by atoms with Gasteiger partial charge in [-0.15, -0.1) is 0 Å². The summed E-state index contributed by atoms with van der Waals surface area (Å²) in [6.45, 7) is 0. The number of rotatable bonds is 3. The standard InChI is InChI=1S/C21H11F4N3O4S/c22-15-3-1-2-13(10-15)19-18(17-9-6-14(21(23,24)25)11-28(17)26-19)12-4-7-16(8-5-12)32-20(29)27-33(30)31/h1-11H. The first-order valence-corrected chi connectivity index (χ1v) is 10.1. The molecule has 0 aliphatic heterocycles. The van der Waals surface area contributed by atoms with Crippen LogP contribution in [0, 0.1) is 5.82 Å². The number of hydrogen-bond acceptors (Lipinski definition) is 5. The number of alkyl halides is 3. The maximum atomic E-state index is 13.8. The zero-order chi connectivity index (χ0) is 23.8. The van der Waals surface area contributed by atoms with Gasteiger partial charge in [-0.25, -0.2) is 13.7 Å². The van der Waals surface area contributed by atoms with Crippen molar-refractivity contribution in [1.29, 1.82) is 0 Å². The van der Waals surface area contributed by atoms with Crippen LogP contribution < -0.4 is 4.74 Å². The van der Waals surface area contributed by atoms with Crippen LogP contribution in [-0.2, 0) is 16.7 Å². The Labute approximate surface area is 184 Å². The lowest BCUT2D eigenvalue weighted by Crippen LogP contribution is -2.06. The Morgan fingerprint density at radius 2 is 1.73 bits per heavy atom. The molecule has 0 unspecified atom stereocenters. The van der Waals surface area contributed by atoms with Crippen molar-refractivity contribution in [2.45, 2.75) is 6.18 Å². The Hall–Kier alpha value is -4.06. The molecule has 2 heterocycles. The molecule has 0 spiro atoms. The second-order valence-electron chi connectivity index (χ2n) is 6.68. The third kappa shape index (κ3) is 4.75. The van der Waals surface area contributed by atoms with Gasteiger partial charge in [0.2, 0.25) is 0 Å². The molecule has 0 bridgehead atoms. The molecule has 0 fully saturated rings. The van der Waals surface area contributed by atoms with Crippen LogP contribution in [0.2, 0.25) is 0 Å². The SMILES string of the molecule is O=C(N=S(=O)=O)Oc1ccc(-c2c(-c3cccc(F)c3)nn3cc(C(F)(F)F)ccc23)cc1. The Kier molecular flexibility index (Phi) is 5.68. The third-order valence-corrected chi connectivity index (χ3v) is 4.85. The van der Waals surface area contributed by atoms with Crippen molar-refractivity contribution in [1.82, 2.24) is 9.61 Å². The number of carbonyl (C=O) groups is 1. The van der Waals surface area contributed by atoms with E-state index in [1.165, 1.54) is 48.5 Å². The van der Waals surface area contributed by atoms with Crippen LogP contribution in [0.25, 0.3) is 27.9 Å². The minimum Gasteiger partial charge on any atom is -0.408 e. The molecule has 12 heteroatoms. The lowest BCUT2D eigenvalue weighted by Gasteiger charge is -2.07. The van der Waals surface area contributed by atoms with E-state index in [9.17, 15) is 30.8 Å². The summed E-state index contributed by atoms with van der Waals surface area (Å²) in [6, 6.07) is 13.3. The maximum Gasteiger partial charge on any atom is 0.454 e. The lowest BCUT2D eigenvalue weighted by atomic mass is 9.99. The number of amides is 1. The lowest BCUT2D eigenvalue weighted by molar-refractivity contribution is -0.137. The molecule has 1 amide bonds. The van der Waals surface area contributed by atoms with Crippen LogP contribution in [0.15, 0.2) is 71.2 Å². The fourth-order valence-corrected chi connectivity index (χ4v) is 3.37. The van der Waals surface area contributed by atoms with Gasteiger partial charge in [0.25, 0.3) is 0 Å². The molecule has 0 N–H and O–H groups in total. The van der Waals surface area contributed by atoms with Gasteiger partial charge in [0.1, 0.15) is 17.3 Å². The number of aromatic nitrogens is 2. The van der Waals surface area contributed by atoms with Crippen LogP contribution in [0.1, 0.15) is 5.56 Å². The molecule has 0 atom stereocenters. The maximum absolute atomic E-state index is 13.8. The number of ether oxygens (including phenoxy) is 1. The molecule has 2 aromatic carbocycles. The molecule has 0 saturated carbocycles. The molecule has 168 valence electrons. The van der Waals surface area contributed by atoms with Crippen LogP contribution in [0.3, 0.4) is 0 Å². The highest BCUT2D eigenvalue weighted by molar-refractivity contribution is 7.62. The van der Waals surface area contributed by atoms with Gasteiger partial charge >= 0.3 is 22.8 Å². The number of fused-ring (bicyclic) bond motifs is 1. The van der Waals surface area contributed by atoms with Crippen molar-refractivity contribution in [2.75, 3.05) is 0 Å². The van der Waals surface area contributed by atoms with Crippen molar-refractivity contribution in [3.63, 3.8) is 0 Å². The second kappa shape index (κ2) is 8.47. The first-order chi connectivity index (χ1) is 15.6. The average Bonchev–Trinajstić information content (AvgIpc) is 3.12. The summed E-state index contributed by atoms with van der Waals surface area (Å²) in [6.07, 6.45) is -5.08. The van der Waals surface area contributed by atoms with E-state index in [0.717, 1.165) is 16.8 Å². The van der Waals surface area contributed by atoms with Crippen LogP contribution in [-0.4, -0.2) is 24.1 Å². The van der Waals surface area contributed by atoms with Crippen LogP contribution in [0.5, 0.6) is 5.75 Å². The second-order valence-corrected chi connectivity index (χ2v) is 7.30. The molecule has 0 saturated heterocycles. The van der Waals surface area contributed by atoms with E-state index < -0.39 is 34.2 Å². The summed E-state index contributed by atoms with van der Waals surface area (Å²) in [5, 5.41) is 4.26. The average molecular weight is 477 g/mol. The number of benzene rings is 2. The molecule has 0 aliphatic carbocycles. The predicted molar refractivity (Wildman–Crippen MR) is 108 cm³/mol. The van der Waals surface area contributed by atoms with Gasteiger partial charge in [-0.3, -0.25) is 0 Å². The van der Waals surface area contributed by atoms with Gasteiger partial charge in [-0.05, 0) is 42.0 Å². The number of pyridine rings is 1. The largest absolute Gasteiger partial charge is 0.454 e. The highest BCUT2D eigenvalue weighted by Gasteiger charge is 2.31. The molecule has 0 aliphatic rings. The van der Waals surface area contributed by atoms with E-state index in [-0.39, 0.29) is 11.4 Å². The quantitative estimate of drug-likeness (QED) is 0.369. The molecular weight excluding hydrogens is 466 g/mol. The monoisotopic (exact) mass is 477 g/mol. The van der Waals surface area contributed by atoms with Gasteiger partial charge in [-0.2, -0.15) is 26.7 Å². The summed E-state index contributed by atoms with van der Waals surface area (Å²) in [5.74, 6) is -0.561. The smallest absolute Gasteiger partial charge is 0.408 e. The number of hydrogen-bond donors (Lipinski definition) is 0. The van der Waals surface area contributed by atoms with Crippen molar-refractivity contribution >= 4 is 22.1 Å². The minimum absolute atomic E-state index is 0.0129. The van der Waals surface area contributed by atoms with Gasteiger partial charge in [-0.1, -0.05) is 28.6 Å². The van der Waals surface area contributed by atoms with Gasteiger partial charge in [0, 0.05) is 17.3 Å². The summed E-state index contributed by atoms with van der Waals surface area (Å²) in [4.78, 5) is 11.4. The number of nitrogens with zero attached hydrogens (tertiary/aromatic N) is 3. The highest BCUT2D eigenvalue weighted by atomic mass is 32.2. The van der Waals surface area contributed by atoms with Crippen LogP contribution in [0.4, 0.5) is 22.4 Å². The summed E-state index contributed by atoms with van der Waals surface area (Å²) in [7, 11) is -2.97. The Morgan fingerprint density at radius 1 is 1.00 bits per heavy atom. The Bertz CT molecular complexity index is 1500. The summed E-state index contributed by atoms with van der Waals surface area (Å²) >= 11 is 0. The topological polar surface area (TPSA) is 90.1 Å². The molecule has 33 heavy (non-hydrogen) atoms. The van der Waals surface area contributed by atoms with Gasteiger partial charge < -0.3 is 4.74 Å². The predicted octanol–water partition coefficient (Wildman–Crippen LogP) is 5.39. The molecular formula is C21H11F4N3O4S. The van der Waals surface area contributed by atoms with Crippen molar-refractivity contribution < 1.29 is 35.5 Å². The molecule has 4 aromatic rings. The van der Waals surface area contributed by atoms with E-state index in [4.69, 9.17) is 4.74 Å². The van der Waals surface area contributed by atoms with Crippen molar-refractivity contribution in [3.05, 3.63) is 78.2 Å². The molecule has 2 aromatic heterocycles. The van der Waals surface area contributed by atoms with Gasteiger partial charge in [0.15, 0.2) is 0 Å². The normalized spacial score (nSPS) is 11.4. The Morgan fingerprint density at radius 3 is 2.36 bits per heavy atom. The molecule has 7 nitrogen and oxygen atoms in total. The van der Waals surface area contributed by atoms with Gasteiger partial charge in [0.05, 0.1) is 11.1 Å². The molecule has 0 radical (unpaired) electrons. The molecule has 4 rings (SSSR count). The van der Waals surface area contributed by atoms with Crippen molar-refractivity contribution in [3.8, 4) is 28.1 Å². The first kappa shape index (κ1) is 22.1. The highest BCUT2D eigenvalue weighted by Crippen LogP contribution is 2.38. The number of carbonyl (C=O) groups excluding carboxylic acids is 1. The zero-order valence-electron chi connectivity index (χ0n) is 16.2. The minimum atomic E-state index is -4.58. The van der Waals surface area contributed by atoms with Crippen molar-refractivity contribution in [2.24, 2.45) is 4.36 Å².